The summed E-state index contributed by atoms with van der Waals surface area (Å²) in [6, 6.07) is 8.82. The summed E-state index contributed by atoms with van der Waals surface area (Å²) in [7, 11) is 0. The van der Waals surface area contributed by atoms with Crippen LogP contribution in [-0.2, 0) is 14.3 Å². The minimum Gasteiger partial charge on any atom is -0.379 e. The first kappa shape index (κ1) is 21.3. The van der Waals surface area contributed by atoms with Gasteiger partial charge in [0, 0.05) is 31.1 Å². The highest BCUT2D eigenvalue weighted by molar-refractivity contribution is 5.96. The van der Waals surface area contributed by atoms with Gasteiger partial charge in [-0.15, -0.1) is 0 Å². The number of rotatable bonds is 7. The van der Waals surface area contributed by atoms with Crippen molar-refractivity contribution in [3.05, 3.63) is 35.9 Å². The Bertz CT molecular complexity index is 683. The van der Waals surface area contributed by atoms with Gasteiger partial charge >= 0.3 is 0 Å². The van der Waals surface area contributed by atoms with Crippen molar-refractivity contribution in [1.29, 1.82) is 0 Å². The van der Waals surface area contributed by atoms with Gasteiger partial charge < -0.3 is 15.4 Å². The molecule has 8 heteroatoms. The third kappa shape index (κ3) is 6.83. The van der Waals surface area contributed by atoms with Gasteiger partial charge in [-0.3, -0.25) is 19.8 Å². The third-order valence-electron chi connectivity index (χ3n) is 5.53. The smallest absolute Gasteiger partial charge is 0.251 e. The summed E-state index contributed by atoms with van der Waals surface area (Å²) in [6.07, 6.45) is 3.50. The first-order valence-corrected chi connectivity index (χ1v) is 10.3. The summed E-state index contributed by atoms with van der Waals surface area (Å²) >= 11 is 0. The van der Waals surface area contributed by atoms with Crippen LogP contribution >= 0.6 is 0 Å². The minimum absolute atomic E-state index is 0.0367. The van der Waals surface area contributed by atoms with Gasteiger partial charge in [0.1, 0.15) is 0 Å². The van der Waals surface area contributed by atoms with Crippen LogP contribution in [0, 0.1) is 11.8 Å². The normalized spacial score (nSPS) is 22.5. The first-order chi connectivity index (χ1) is 14.1. The van der Waals surface area contributed by atoms with Crippen molar-refractivity contribution in [1.82, 2.24) is 21.1 Å². The van der Waals surface area contributed by atoms with Crippen LogP contribution in [0.3, 0.4) is 0 Å². The standard InChI is InChI=1S/C21H30N4O4/c26-19(15-23-20(27)17-4-2-1-3-5-17)22-14-16-6-8-18(9-7-16)21(28)24-25-10-12-29-13-11-25/h1-5,16,18H,6-15H2,(H,22,26)(H,23,27)(H,24,28). The van der Waals surface area contributed by atoms with Gasteiger partial charge in [-0.05, 0) is 43.7 Å². The summed E-state index contributed by atoms with van der Waals surface area (Å²) in [4.78, 5) is 36.4. The first-order valence-electron chi connectivity index (χ1n) is 10.3. The molecule has 1 saturated carbocycles. The Hall–Kier alpha value is -2.45. The fourth-order valence-corrected chi connectivity index (χ4v) is 3.72. The largest absolute Gasteiger partial charge is 0.379 e. The van der Waals surface area contributed by atoms with Crippen LogP contribution in [-0.4, -0.2) is 62.1 Å². The molecule has 0 spiro atoms. The van der Waals surface area contributed by atoms with Crippen molar-refractivity contribution in [2.24, 2.45) is 11.8 Å². The lowest BCUT2D eigenvalue weighted by molar-refractivity contribution is -0.133. The van der Waals surface area contributed by atoms with E-state index in [1.807, 2.05) is 11.1 Å². The number of nitrogens with one attached hydrogen (secondary N) is 3. The maximum atomic E-state index is 12.4. The molecule has 0 atom stereocenters. The Balaban J connectivity index is 1.29. The topological polar surface area (TPSA) is 99.8 Å². The number of hydrazine groups is 1. The fourth-order valence-electron chi connectivity index (χ4n) is 3.72. The molecule has 3 N–H and O–H groups in total. The predicted octanol–water partition coefficient (Wildman–Crippen LogP) is 0.702. The zero-order valence-corrected chi connectivity index (χ0v) is 16.7. The fraction of sp³-hybridized carbons (Fsp3) is 0.571. The molecule has 0 aromatic heterocycles. The molecule has 3 amide bonds. The Kier molecular flexibility index (Phi) is 8.01. The summed E-state index contributed by atoms with van der Waals surface area (Å²) in [5.41, 5.74) is 3.53. The monoisotopic (exact) mass is 402 g/mol. The van der Waals surface area contributed by atoms with E-state index in [2.05, 4.69) is 16.1 Å². The number of carbonyl (C=O) groups is 3. The van der Waals surface area contributed by atoms with Crippen molar-refractivity contribution >= 4 is 17.7 Å². The number of ether oxygens (including phenoxy) is 1. The second-order valence-electron chi connectivity index (χ2n) is 7.65. The minimum atomic E-state index is -0.257. The molecule has 0 unspecified atom stereocenters. The molecule has 1 aliphatic heterocycles. The van der Waals surface area contributed by atoms with E-state index in [1.165, 1.54) is 0 Å². The van der Waals surface area contributed by atoms with E-state index in [4.69, 9.17) is 4.74 Å². The molecule has 1 aromatic carbocycles. The number of hydrogen-bond acceptors (Lipinski definition) is 5. The Morgan fingerprint density at radius 3 is 2.34 bits per heavy atom. The zero-order chi connectivity index (χ0) is 20.5. The van der Waals surface area contributed by atoms with E-state index in [1.54, 1.807) is 24.3 Å². The van der Waals surface area contributed by atoms with E-state index in [-0.39, 0.29) is 30.2 Å². The average Bonchev–Trinajstić information content (AvgIpc) is 2.77. The number of carbonyl (C=O) groups excluding carboxylic acids is 3. The van der Waals surface area contributed by atoms with Gasteiger partial charge in [0.2, 0.25) is 11.8 Å². The Labute approximate surface area is 171 Å². The molecule has 29 heavy (non-hydrogen) atoms. The molecule has 1 aromatic rings. The van der Waals surface area contributed by atoms with Gasteiger partial charge in [-0.25, -0.2) is 5.01 Å². The van der Waals surface area contributed by atoms with Crippen molar-refractivity contribution in [2.45, 2.75) is 25.7 Å². The maximum absolute atomic E-state index is 12.4. The lowest BCUT2D eigenvalue weighted by Gasteiger charge is -2.32. The Morgan fingerprint density at radius 2 is 1.66 bits per heavy atom. The zero-order valence-electron chi connectivity index (χ0n) is 16.7. The van der Waals surface area contributed by atoms with Gasteiger partial charge in [0.25, 0.3) is 5.91 Å². The van der Waals surface area contributed by atoms with Gasteiger partial charge in [0.15, 0.2) is 0 Å². The maximum Gasteiger partial charge on any atom is 0.251 e. The summed E-state index contributed by atoms with van der Waals surface area (Å²) in [6.45, 7) is 3.31. The molecular formula is C21H30N4O4. The van der Waals surface area contributed by atoms with Crippen molar-refractivity contribution in [3.8, 4) is 0 Å². The van der Waals surface area contributed by atoms with Crippen LogP contribution in [0.1, 0.15) is 36.0 Å². The van der Waals surface area contributed by atoms with Crippen molar-refractivity contribution < 1.29 is 19.1 Å². The van der Waals surface area contributed by atoms with Crippen molar-refractivity contribution in [3.63, 3.8) is 0 Å². The van der Waals surface area contributed by atoms with Crippen LogP contribution in [0.5, 0.6) is 0 Å². The summed E-state index contributed by atoms with van der Waals surface area (Å²) in [5.74, 6) is 0.0539. The number of nitrogens with zero attached hydrogens (tertiary/aromatic N) is 1. The van der Waals surface area contributed by atoms with Crippen LogP contribution in [0.4, 0.5) is 0 Å². The highest BCUT2D eigenvalue weighted by Gasteiger charge is 2.27. The van der Waals surface area contributed by atoms with Crippen LogP contribution < -0.4 is 16.1 Å². The van der Waals surface area contributed by atoms with Crippen LogP contribution in [0.2, 0.25) is 0 Å². The number of benzene rings is 1. The van der Waals surface area contributed by atoms with Gasteiger partial charge in [-0.1, -0.05) is 18.2 Å². The molecule has 8 nitrogen and oxygen atoms in total. The van der Waals surface area contributed by atoms with Crippen LogP contribution in [0.15, 0.2) is 30.3 Å². The summed E-state index contributed by atoms with van der Waals surface area (Å²) in [5, 5.41) is 7.45. The van der Waals surface area contributed by atoms with E-state index >= 15 is 0 Å². The lowest BCUT2D eigenvalue weighted by Crippen LogP contribution is -2.50. The highest BCUT2D eigenvalue weighted by atomic mass is 16.5. The molecule has 0 bridgehead atoms. The van der Waals surface area contributed by atoms with E-state index in [0.29, 0.717) is 31.2 Å². The molecule has 1 heterocycles. The quantitative estimate of drug-likeness (QED) is 0.624. The molecule has 1 aliphatic carbocycles. The molecule has 0 radical (unpaired) electrons. The third-order valence-corrected chi connectivity index (χ3v) is 5.53. The predicted molar refractivity (Wildman–Crippen MR) is 108 cm³/mol. The highest BCUT2D eigenvalue weighted by Crippen LogP contribution is 2.28. The van der Waals surface area contributed by atoms with E-state index < -0.39 is 0 Å². The van der Waals surface area contributed by atoms with Gasteiger partial charge in [-0.2, -0.15) is 0 Å². The van der Waals surface area contributed by atoms with Gasteiger partial charge in [0.05, 0.1) is 19.8 Å². The molecule has 2 aliphatic rings. The molecule has 2 fully saturated rings. The second kappa shape index (κ2) is 10.9. The van der Waals surface area contributed by atoms with E-state index in [9.17, 15) is 14.4 Å². The lowest BCUT2D eigenvalue weighted by atomic mass is 9.81. The molecule has 1 saturated heterocycles. The Morgan fingerprint density at radius 1 is 0.966 bits per heavy atom. The molecular weight excluding hydrogens is 372 g/mol. The van der Waals surface area contributed by atoms with E-state index in [0.717, 1.165) is 38.8 Å². The number of morpholine rings is 1. The number of hydrogen-bond donors (Lipinski definition) is 3. The van der Waals surface area contributed by atoms with Crippen molar-refractivity contribution in [2.75, 3.05) is 39.4 Å². The SMILES string of the molecule is O=C(CNC(=O)c1ccccc1)NCC1CCC(C(=O)NN2CCOCC2)CC1. The average molecular weight is 402 g/mol. The summed E-state index contributed by atoms with van der Waals surface area (Å²) < 4.78 is 5.29. The molecule has 3 rings (SSSR count). The van der Waals surface area contributed by atoms with Crippen LogP contribution in [0.25, 0.3) is 0 Å². The second-order valence-corrected chi connectivity index (χ2v) is 7.65. The number of amides is 3. The molecule has 158 valence electrons.